The Morgan fingerprint density at radius 2 is 1.91 bits per heavy atom. The number of amides is 1. The largest absolute Gasteiger partial charge is 0.477 e. The number of carbonyl (C=O) groups is 2. The van der Waals surface area contributed by atoms with Crippen molar-refractivity contribution in [3.8, 4) is 0 Å². The fraction of sp³-hybridized carbons (Fsp3) is 0.267. The molecule has 0 radical (unpaired) electrons. The fourth-order valence-electron chi connectivity index (χ4n) is 2.15. The third-order valence-electron chi connectivity index (χ3n) is 3.30. The van der Waals surface area contributed by atoms with Gasteiger partial charge in [-0.05, 0) is 17.7 Å². The van der Waals surface area contributed by atoms with E-state index in [-0.39, 0.29) is 11.6 Å². The minimum absolute atomic E-state index is 0.124. The van der Waals surface area contributed by atoms with Crippen LogP contribution in [0.15, 0.2) is 30.5 Å². The predicted octanol–water partition coefficient (Wildman–Crippen LogP) is 0.768. The first-order chi connectivity index (χ1) is 10.5. The average molecular weight is 302 g/mol. The van der Waals surface area contributed by atoms with E-state index in [0.717, 1.165) is 5.56 Å². The lowest BCUT2D eigenvalue weighted by Gasteiger charge is -2.06. The molecule has 0 saturated carbocycles. The molecule has 0 bridgehead atoms. The number of aromatic nitrogens is 2. The molecule has 0 aliphatic heterocycles. The zero-order valence-electron chi connectivity index (χ0n) is 12.5. The molecule has 1 aromatic heterocycles. The number of hydrogen-bond donors (Lipinski definition) is 3. The van der Waals surface area contributed by atoms with Crippen molar-refractivity contribution >= 4 is 11.9 Å². The van der Waals surface area contributed by atoms with Crippen LogP contribution >= 0.6 is 0 Å². The van der Waals surface area contributed by atoms with Gasteiger partial charge in [-0.2, -0.15) is 5.10 Å². The standard InChI is InChI=1S/C15H18N4O3/c1-16-14(20)11-5-3-10(4-6-11)7-17-8-12-9-18-19(2)13(12)15(21)22/h3-6,9,17H,7-8H2,1-2H3,(H,16,20)(H,21,22). The van der Waals surface area contributed by atoms with Crippen molar-refractivity contribution in [3.05, 3.63) is 52.8 Å². The first-order valence-electron chi connectivity index (χ1n) is 6.79. The normalized spacial score (nSPS) is 10.5. The van der Waals surface area contributed by atoms with Gasteiger partial charge in [0, 0.05) is 38.3 Å². The number of rotatable bonds is 6. The number of nitrogens with zero attached hydrogens (tertiary/aromatic N) is 2. The van der Waals surface area contributed by atoms with Gasteiger partial charge in [-0.25, -0.2) is 4.79 Å². The van der Waals surface area contributed by atoms with Crippen LogP contribution in [0.2, 0.25) is 0 Å². The second-order valence-electron chi connectivity index (χ2n) is 4.83. The number of hydrogen-bond acceptors (Lipinski definition) is 4. The lowest BCUT2D eigenvalue weighted by molar-refractivity contribution is 0.0683. The van der Waals surface area contributed by atoms with Crippen LogP contribution < -0.4 is 10.6 Å². The molecule has 3 N–H and O–H groups in total. The molecular formula is C15H18N4O3. The van der Waals surface area contributed by atoms with E-state index in [4.69, 9.17) is 5.11 Å². The van der Waals surface area contributed by atoms with Crippen LogP contribution in [-0.4, -0.2) is 33.8 Å². The predicted molar refractivity (Wildman–Crippen MR) is 80.5 cm³/mol. The topological polar surface area (TPSA) is 96.3 Å². The highest BCUT2D eigenvalue weighted by Crippen LogP contribution is 2.08. The first kappa shape index (κ1) is 15.7. The zero-order chi connectivity index (χ0) is 16.1. The summed E-state index contributed by atoms with van der Waals surface area (Å²) in [5.74, 6) is -1.12. The summed E-state index contributed by atoms with van der Waals surface area (Å²) in [4.78, 5) is 22.6. The van der Waals surface area contributed by atoms with Crippen molar-refractivity contribution < 1.29 is 14.7 Å². The maximum Gasteiger partial charge on any atom is 0.354 e. The van der Waals surface area contributed by atoms with E-state index < -0.39 is 5.97 Å². The molecule has 2 aromatic rings. The van der Waals surface area contributed by atoms with Gasteiger partial charge in [0.15, 0.2) is 0 Å². The number of benzene rings is 1. The summed E-state index contributed by atoms with van der Waals surface area (Å²) in [6.45, 7) is 0.981. The van der Waals surface area contributed by atoms with Gasteiger partial charge in [-0.15, -0.1) is 0 Å². The molecule has 0 atom stereocenters. The monoisotopic (exact) mass is 302 g/mol. The quantitative estimate of drug-likeness (QED) is 0.732. The Morgan fingerprint density at radius 3 is 2.50 bits per heavy atom. The van der Waals surface area contributed by atoms with E-state index in [1.54, 1.807) is 32.4 Å². The summed E-state index contributed by atoms with van der Waals surface area (Å²) in [6, 6.07) is 7.23. The van der Waals surface area contributed by atoms with Crippen molar-refractivity contribution in [2.24, 2.45) is 7.05 Å². The van der Waals surface area contributed by atoms with Crippen LogP contribution in [0.5, 0.6) is 0 Å². The Bertz CT molecular complexity index is 677. The first-order valence-corrected chi connectivity index (χ1v) is 6.79. The van der Waals surface area contributed by atoms with Crippen molar-refractivity contribution in [2.75, 3.05) is 7.05 Å². The highest BCUT2D eigenvalue weighted by molar-refractivity contribution is 5.93. The van der Waals surface area contributed by atoms with E-state index in [2.05, 4.69) is 15.7 Å². The molecule has 7 nitrogen and oxygen atoms in total. The number of carboxylic acid groups (broad SMARTS) is 1. The van der Waals surface area contributed by atoms with Gasteiger partial charge in [0.1, 0.15) is 5.69 Å². The summed E-state index contributed by atoms with van der Waals surface area (Å²) < 4.78 is 1.34. The average Bonchev–Trinajstić information content (AvgIpc) is 2.88. The van der Waals surface area contributed by atoms with Crippen LogP contribution in [0.25, 0.3) is 0 Å². The third-order valence-corrected chi connectivity index (χ3v) is 3.30. The summed E-state index contributed by atoms with van der Waals surface area (Å²) in [5, 5.41) is 18.8. The number of aromatic carboxylic acids is 1. The third kappa shape index (κ3) is 3.50. The van der Waals surface area contributed by atoms with Crippen molar-refractivity contribution in [2.45, 2.75) is 13.1 Å². The smallest absolute Gasteiger partial charge is 0.354 e. The highest BCUT2D eigenvalue weighted by Gasteiger charge is 2.14. The van der Waals surface area contributed by atoms with Crippen molar-refractivity contribution in [1.82, 2.24) is 20.4 Å². The van der Waals surface area contributed by atoms with Gasteiger partial charge in [0.2, 0.25) is 0 Å². The summed E-state index contributed by atoms with van der Waals surface area (Å²) in [7, 11) is 3.19. The molecule has 0 unspecified atom stereocenters. The Labute approximate surface area is 128 Å². The summed E-state index contributed by atoms with van der Waals surface area (Å²) in [5.41, 5.74) is 2.43. The Kier molecular flexibility index (Phi) is 4.90. The van der Waals surface area contributed by atoms with Crippen LogP contribution in [0, 0.1) is 0 Å². The van der Waals surface area contributed by atoms with Crippen LogP contribution in [0.3, 0.4) is 0 Å². The second kappa shape index (κ2) is 6.86. The molecule has 7 heteroatoms. The van der Waals surface area contributed by atoms with E-state index >= 15 is 0 Å². The van der Waals surface area contributed by atoms with Crippen molar-refractivity contribution in [3.63, 3.8) is 0 Å². The molecule has 1 amide bonds. The molecule has 0 saturated heterocycles. The lowest BCUT2D eigenvalue weighted by Crippen LogP contribution is -2.18. The SMILES string of the molecule is CNC(=O)c1ccc(CNCc2cnn(C)c2C(=O)O)cc1. The second-order valence-corrected chi connectivity index (χ2v) is 4.83. The minimum Gasteiger partial charge on any atom is -0.477 e. The zero-order valence-corrected chi connectivity index (χ0v) is 12.5. The minimum atomic E-state index is -0.994. The van der Waals surface area contributed by atoms with E-state index in [9.17, 15) is 9.59 Å². The molecule has 2 rings (SSSR count). The summed E-state index contributed by atoms with van der Waals surface area (Å²) in [6.07, 6.45) is 1.55. The molecule has 0 spiro atoms. The molecule has 22 heavy (non-hydrogen) atoms. The Morgan fingerprint density at radius 1 is 1.23 bits per heavy atom. The molecule has 0 aliphatic carbocycles. The van der Waals surface area contributed by atoms with Gasteiger partial charge in [-0.1, -0.05) is 12.1 Å². The van der Waals surface area contributed by atoms with Gasteiger partial charge in [-0.3, -0.25) is 9.48 Å². The lowest BCUT2D eigenvalue weighted by atomic mass is 10.1. The van der Waals surface area contributed by atoms with E-state index in [1.807, 2.05) is 12.1 Å². The Balaban J connectivity index is 1.94. The van der Waals surface area contributed by atoms with E-state index in [1.165, 1.54) is 4.68 Å². The maximum absolute atomic E-state index is 11.4. The molecule has 1 heterocycles. The number of carbonyl (C=O) groups excluding carboxylic acids is 1. The highest BCUT2D eigenvalue weighted by atomic mass is 16.4. The van der Waals surface area contributed by atoms with Gasteiger partial charge in [0.25, 0.3) is 5.91 Å². The van der Waals surface area contributed by atoms with Gasteiger partial charge >= 0.3 is 5.97 Å². The van der Waals surface area contributed by atoms with Crippen LogP contribution in [0.4, 0.5) is 0 Å². The molecule has 1 aromatic carbocycles. The molecule has 0 aliphatic rings. The maximum atomic E-state index is 11.4. The van der Waals surface area contributed by atoms with Gasteiger partial charge < -0.3 is 15.7 Å². The number of nitrogens with one attached hydrogen (secondary N) is 2. The summed E-state index contributed by atoms with van der Waals surface area (Å²) >= 11 is 0. The van der Waals surface area contributed by atoms with Gasteiger partial charge in [0.05, 0.1) is 6.20 Å². The Hall–Kier alpha value is -2.67. The van der Waals surface area contributed by atoms with Crippen molar-refractivity contribution in [1.29, 1.82) is 0 Å². The van der Waals surface area contributed by atoms with Crippen LogP contribution in [-0.2, 0) is 20.1 Å². The molecule has 116 valence electrons. The molecular weight excluding hydrogens is 284 g/mol. The molecule has 0 fully saturated rings. The number of aryl methyl sites for hydroxylation is 1. The number of carboxylic acids is 1. The fourth-order valence-corrected chi connectivity index (χ4v) is 2.15. The van der Waals surface area contributed by atoms with Crippen LogP contribution in [0.1, 0.15) is 32.0 Å². The van der Waals surface area contributed by atoms with E-state index in [0.29, 0.717) is 24.2 Å².